The Morgan fingerprint density at radius 2 is 2.04 bits per heavy atom. The van der Waals surface area contributed by atoms with Crippen molar-refractivity contribution in [3.63, 3.8) is 0 Å². The van der Waals surface area contributed by atoms with Crippen LogP contribution in [0.4, 0.5) is 0 Å². The van der Waals surface area contributed by atoms with E-state index in [0.717, 1.165) is 34.3 Å². The summed E-state index contributed by atoms with van der Waals surface area (Å²) in [7, 11) is 1.64. The van der Waals surface area contributed by atoms with E-state index < -0.39 is 0 Å². The molecule has 0 bridgehead atoms. The van der Waals surface area contributed by atoms with Gasteiger partial charge >= 0.3 is 0 Å². The van der Waals surface area contributed by atoms with Gasteiger partial charge in [-0.3, -0.25) is 5.10 Å². The SMILES string of the molecule is CCCc1n[nH]c(=S)n1NCc1cc(Br)cc(OC)c1OCc1ccccc1. The number of rotatable bonds is 9. The predicted octanol–water partition coefficient (Wildman–Crippen LogP) is 4.99. The molecule has 148 valence electrons. The van der Waals surface area contributed by atoms with Crippen LogP contribution in [0.15, 0.2) is 46.9 Å². The van der Waals surface area contributed by atoms with Crippen molar-refractivity contribution in [3.8, 4) is 11.5 Å². The van der Waals surface area contributed by atoms with Crippen LogP contribution in [-0.4, -0.2) is 22.0 Å². The summed E-state index contributed by atoms with van der Waals surface area (Å²) >= 11 is 8.89. The van der Waals surface area contributed by atoms with E-state index in [9.17, 15) is 0 Å². The molecule has 0 atom stereocenters. The molecule has 2 aromatic carbocycles. The van der Waals surface area contributed by atoms with Gasteiger partial charge in [-0.1, -0.05) is 53.2 Å². The monoisotopic (exact) mass is 462 g/mol. The fourth-order valence-electron chi connectivity index (χ4n) is 2.85. The van der Waals surface area contributed by atoms with E-state index in [1.165, 1.54) is 0 Å². The molecule has 0 aliphatic heterocycles. The smallest absolute Gasteiger partial charge is 0.214 e. The molecule has 28 heavy (non-hydrogen) atoms. The molecule has 6 nitrogen and oxygen atoms in total. The van der Waals surface area contributed by atoms with Gasteiger partial charge in [0.15, 0.2) is 17.3 Å². The van der Waals surface area contributed by atoms with Crippen LogP contribution in [0.1, 0.15) is 30.3 Å². The maximum absolute atomic E-state index is 6.13. The predicted molar refractivity (Wildman–Crippen MR) is 116 cm³/mol. The lowest BCUT2D eigenvalue weighted by atomic mass is 10.2. The molecule has 3 aromatic rings. The van der Waals surface area contributed by atoms with Crippen molar-refractivity contribution in [3.05, 3.63) is 68.7 Å². The zero-order valence-corrected chi connectivity index (χ0v) is 18.3. The molecular weight excluding hydrogens is 440 g/mol. The number of aryl methyl sites for hydroxylation is 1. The second-order valence-corrected chi connectivity index (χ2v) is 7.54. The van der Waals surface area contributed by atoms with Crippen LogP contribution >= 0.6 is 28.1 Å². The fourth-order valence-corrected chi connectivity index (χ4v) is 3.55. The second kappa shape index (κ2) is 9.75. The Kier molecular flexibility index (Phi) is 7.11. The molecule has 0 amide bonds. The maximum Gasteiger partial charge on any atom is 0.214 e. The molecule has 0 spiro atoms. The summed E-state index contributed by atoms with van der Waals surface area (Å²) in [4.78, 5) is 0. The number of ether oxygens (including phenoxy) is 2. The molecule has 0 saturated heterocycles. The van der Waals surface area contributed by atoms with Crippen LogP contribution < -0.4 is 14.9 Å². The Morgan fingerprint density at radius 1 is 1.25 bits per heavy atom. The van der Waals surface area contributed by atoms with E-state index in [4.69, 9.17) is 21.7 Å². The molecule has 0 unspecified atom stereocenters. The van der Waals surface area contributed by atoms with Crippen molar-refractivity contribution in [1.82, 2.24) is 14.9 Å². The molecule has 2 N–H and O–H groups in total. The summed E-state index contributed by atoms with van der Waals surface area (Å²) in [5.41, 5.74) is 5.39. The van der Waals surface area contributed by atoms with Gasteiger partial charge in [0.25, 0.3) is 0 Å². The summed E-state index contributed by atoms with van der Waals surface area (Å²) in [5.74, 6) is 2.25. The van der Waals surface area contributed by atoms with E-state index in [1.54, 1.807) is 7.11 Å². The second-order valence-electron chi connectivity index (χ2n) is 6.24. The average molecular weight is 463 g/mol. The van der Waals surface area contributed by atoms with Gasteiger partial charge in [-0.05, 0) is 36.3 Å². The Bertz CT molecular complexity index is 972. The third-order valence-electron chi connectivity index (χ3n) is 4.19. The first kappa shape index (κ1) is 20.4. The molecule has 0 aliphatic rings. The quantitative estimate of drug-likeness (QED) is 0.438. The Hall–Kier alpha value is -2.32. The van der Waals surface area contributed by atoms with Gasteiger partial charge in [0.1, 0.15) is 6.61 Å². The third kappa shape index (κ3) is 4.94. The Balaban J connectivity index is 1.84. The Labute approximate surface area is 178 Å². The standard InChI is InChI=1S/C20H23BrN4O2S/c1-3-7-18-23-24-20(28)25(18)22-12-15-10-16(21)11-17(26-2)19(15)27-13-14-8-5-4-6-9-14/h4-6,8-11,22H,3,7,12-13H2,1-2H3,(H,24,28). The molecule has 0 saturated carbocycles. The summed E-state index contributed by atoms with van der Waals surface area (Å²) in [5, 5.41) is 7.13. The Morgan fingerprint density at radius 3 is 2.75 bits per heavy atom. The molecule has 1 aromatic heterocycles. The van der Waals surface area contributed by atoms with E-state index in [2.05, 4.69) is 38.5 Å². The number of aromatic amines is 1. The number of hydrogen-bond acceptors (Lipinski definition) is 5. The van der Waals surface area contributed by atoms with E-state index in [-0.39, 0.29) is 0 Å². The summed E-state index contributed by atoms with van der Waals surface area (Å²) in [6.07, 6.45) is 1.82. The first-order valence-corrected chi connectivity index (χ1v) is 10.3. The van der Waals surface area contributed by atoms with Crippen LogP contribution in [0.2, 0.25) is 0 Å². The lowest BCUT2D eigenvalue weighted by molar-refractivity contribution is 0.281. The summed E-state index contributed by atoms with van der Waals surface area (Å²) in [6.45, 7) is 3.07. The number of nitrogens with one attached hydrogen (secondary N) is 2. The van der Waals surface area contributed by atoms with Crippen molar-refractivity contribution in [2.24, 2.45) is 0 Å². The largest absolute Gasteiger partial charge is 0.493 e. The number of H-pyrrole nitrogens is 1. The van der Waals surface area contributed by atoms with Gasteiger partial charge in [-0.25, -0.2) is 4.68 Å². The maximum atomic E-state index is 6.13. The van der Waals surface area contributed by atoms with Gasteiger partial charge in [0.05, 0.1) is 13.7 Å². The topological polar surface area (TPSA) is 64.1 Å². The molecule has 1 heterocycles. The zero-order chi connectivity index (χ0) is 19.9. The van der Waals surface area contributed by atoms with Crippen LogP contribution in [0.3, 0.4) is 0 Å². The zero-order valence-electron chi connectivity index (χ0n) is 15.9. The molecular formula is C20H23BrN4O2S. The summed E-state index contributed by atoms with van der Waals surface area (Å²) < 4.78 is 14.9. The molecule has 0 aliphatic carbocycles. The molecule has 8 heteroatoms. The van der Waals surface area contributed by atoms with Gasteiger partial charge in [-0.2, -0.15) is 5.10 Å². The number of benzene rings is 2. The van der Waals surface area contributed by atoms with Crippen molar-refractivity contribution in [1.29, 1.82) is 0 Å². The number of nitrogens with zero attached hydrogens (tertiary/aromatic N) is 2. The van der Waals surface area contributed by atoms with Crippen LogP contribution in [0.5, 0.6) is 11.5 Å². The first-order chi connectivity index (χ1) is 13.6. The lowest BCUT2D eigenvalue weighted by Crippen LogP contribution is -2.18. The third-order valence-corrected chi connectivity index (χ3v) is 4.92. The number of aromatic nitrogens is 3. The summed E-state index contributed by atoms with van der Waals surface area (Å²) in [6, 6.07) is 14.0. The normalized spacial score (nSPS) is 10.7. The minimum Gasteiger partial charge on any atom is -0.493 e. The van der Waals surface area contributed by atoms with E-state index in [1.807, 2.05) is 47.1 Å². The number of halogens is 1. The highest BCUT2D eigenvalue weighted by Gasteiger charge is 2.14. The highest BCUT2D eigenvalue weighted by atomic mass is 79.9. The van der Waals surface area contributed by atoms with E-state index in [0.29, 0.717) is 29.4 Å². The minimum absolute atomic E-state index is 0.456. The van der Waals surface area contributed by atoms with Gasteiger partial charge in [0.2, 0.25) is 4.77 Å². The molecule has 0 fully saturated rings. The van der Waals surface area contributed by atoms with Gasteiger partial charge in [-0.15, -0.1) is 0 Å². The van der Waals surface area contributed by atoms with Crippen molar-refractivity contribution in [2.45, 2.75) is 32.9 Å². The van der Waals surface area contributed by atoms with E-state index >= 15 is 0 Å². The van der Waals surface area contributed by atoms with Crippen LogP contribution in [0, 0.1) is 4.77 Å². The van der Waals surface area contributed by atoms with Crippen molar-refractivity contribution >= 4 is 28.1 Å². The fraction of sp³-hybridized carbons (Fsp3) is 0.300. The number of hydrogen-bond donors (Lipinski definition) is 2. The minimum atomic E-state index is 0.456. The highest BCUT2D eigenvalue weighted by molar-refractivity contribution is 9.10. The molecule has 3 rings (SSSR count). The lowest BCUT2D eigenvalue weighted by Gasteiger charge is -2.17. The van der Waals surface area contributed by atoms with Gasteiger partial charge < -0.3 is 14.9 Å². The molecule has 0 radical (unpaired) electrons. The van der Waals surface area contributed by atoms with Crippen LogP contribution in [-0.2, 0) is 19.6 Å². The van der Waals surface area contributed by atoms with Crippen molar-refractivity contribution in [2.75, 3.05) is 12.5 Å². The van der Waals surface area contributed by atoms with Crippen LogP contribution in [0.25, 0.3) is 0 Å². The van der Waals surface area contributed by atoms with Gasteiger partial charge in [0, 0.05) is 16.5 Å². The van der Waals surface area contributed by atoms with Crippen molar-refractivity contribution < 1.29 is 9.47 Å². The highest BCUT2D eigenvalue weighted by Crippen LogP contribution is 2.35. The number of methoxy groups -OCH3 is 1. The first-order valence-electron chi connectivity index (χ1n) is 9.05. The average Bonchev–Trinajstić information content (AvgIpc) is 3.05.